The molecule has 11 heteroatoms. The van der Waals surface area contributed by atoms with Crippen molar-refractivity contribution < 1.29 is 19.0 Å². The van der Waals surface area contributed by atoms with E-state index in [1.807, 2.05) is 42.9 Å². The highest BCUT2D eigenvalue weighted by molar-refractivity contribution is 6.08. The Morgan fingerprint density at radius 1 is 0.683 bits per heavy atom. The zero-order valence-electron chi connectivity index (χ0n) is 22.5. The molecule has 41 heavy (non-hydrogen) atoms. The summed E-state index contributed by atoms with van der Waals surface area (Å²) in [5.41, 5.74) is 7.23. The number of hydrogen-bond donors (Lipinski definition) is 5. The predicted molar refractivity (Wildman–Crippen MR) is 159 cm³/mol. The van der Waals surface area contributed by atoms with Crippen LogP contribution in [0.15, 0.2) is 108 Å². The Bertz CT molecular complexity index is 1600. The van der Waals surface area contributed by atoms with E-state index in [-0.39, 0.29) is 17.7 Å². The number of aromatic nitrogens is 1. The minimum absolute atomic E-state index is 0.256. The Labute approximate surface area is 236 Å². The Hall–Kier alpha value is -5.84. The van der Waals surface area contributed by atoms with Gasteiger partial charge >= 0.3 is 0 Å². The van der Waals surface area contributed by atoms with E-state index in [0.29, 0.717) is 33.8 Å². The van der Waals surface area contributed by atoms with Crippen molar-refractivity contribution in [3.05, 3.63) is 120 Å². The quantitative estimate of drug-likeness (QED) is 0.0711. The van der Waals surface area contributed by atoms with Gasteiger partial charge in [-0.15, -0.1) is 0 Å². The van der Waals surface area contributed by atoms with E-state index >= 15 is 0 Å². The number of nitrogens with zero attached hydrogens (tertiary/aromatic N) is 3. The number of hydrogen-bond acceptors (Lipinski definition) is 6. The first-order valence-corrected chi connectivity index (χ1v) is 12.5. The molecule has 11 nitrogen and oxygen atoms in total. The summed E-state index contributed by atoms with van der Waals surface area (Å²) in [5.74, 6) is 4.11. The van der Waals surface area contributed by atoms with E-state index in [2.05, 4.69) is 31.6 Å². The average Bonchev–Trinajstić information content (AvgIpc) is 2.98. The first-order valence-electron chi connectivity index (χ1n) is 12.5. The molecule has 1 aromatic heterocycles. The molecule has 0 fully saturated rings. The molecule has 3 amide bonds. The number of carbonyl (C=O) groups excluding carboxylic acids is 3. The van der Waals surface area contributed by atoms with Gasteiger partial charge < -0.3 is 21.8 Å². The number of pyridine rings is 1. The molecule has 0 saturated heterocycles. The maximum absolute atomic E-state index is 12.7. The molecule has 1 heterocycles. The third kappa shape index (κ3) is 7.83. The molecule has 0 aliphatic rings. The van der Waals surface area contributed by atoms with Crippen LogP contribution in [-0.2, 0) is 7.05 Å². The minimum atomic E-state index is -0.342. The second kappa shape index (κ2) is 13.3. The number of nitrogens with one attached hydrogen (secondary N) is 4. The molecule has 0 atom stereocenters. The summed E-state index contributed by atoms with van der Waals surface area (Å²) in [4.78, 5) is 37.9. The number of anilines is 3. The van der Waals surface area contributed by atoms with Crippen molar-refractivity contribution in [2.45, 2.75) is 6.92 Å². The van der Waals surface area contributed by atoms with E-state index in [0.717, 1.165) is 11.3 Å². The topological polar surface area (TPSA) is 154 Å². The van der Waals surface area contributed by atoms with E-state index in [1.54, 1.807) is 72.9 Å². The van der Waals surface area contributed by atoms with Gasteiger partial charge in [0.05, 0.1) is 5.71 Å². The highest BCUT2D eigenvalue weighted by atomic mass is 16.2. The summed E-state index contributed by atoms with van der Waals surface area (Å²) in [7, 11) is 1.87. The smallest absolute Gasteiger partial charge is 0.255 e. The normalized spacial score (nSPS) is 11.1. The summed E-state index contributed by atoms with van der Waals surface area (Å²) >= 11 is 0. The van der Waals surface area contributed by atoms with Gasteiger partial charge in [0.1, 0.15) is 19.1 Å². The molecular formula is C30H29N8O3+. The molecule has 4 aromatic rings. The summed E-state index contributed by atoms with van der Waals surface area (Å²) in [5, 5.41) is 15.9. The van der Waals surface area contributed by atoms with Crippen LogP contribution >= 0.6 is 0 Å². The number of rotatable bonds is 9. The molecule has 206 valence electrons. The Morgan fingerprint density at radius 2 is 1.12 bits per heavy atom. The first-order chi connectivity index (χ1) is 19.8. The number of aryl methyl sites for hydroxylation is 1. The molecule has 3 aromatic carbocycles. The van der Waals surface area contributed by atoms with E-state index in [1.165, 1.54) is 6.34 Å². The van der Waals surface area contributed by atoms with Gasteiger partial charge in [-0.2, -0.15) is 10.2 Å². The Morgan fingerprint density at radius 3 is 1.59 bits per heavy atom. The zero-order valence-corrected chi connectivity index (χ0v) is 22.5. The van der Waals surface area contributed by atoms with Gasteiger partial charge in [0, 0.05) is 34.1 Å². The monoisotopic (exact) mass is 549 g/mol. The molecule has 0 unspecified atom stereocenters. The first kappa shape index (κ1) is 28.2. The van der Waals surface area contributed by atoms with Gasteiger partial charge in [-0.05, 0) is 79.2 Å². The van der Waals surface area contributed by atoms with Crippen molar-refractivity contribution in [1.29, 1.82) is 0 Å². The van der Waals surface area contributed by atoms with Gasteiger partial charge in [-0.3, -0.25) is 19.8 Å². The fraction of sp³-hybridized carbons (Fsp3) is 0.0667. The van der Waals surface area contributed by atoms with Crippen molar-refractivity contribution in [2.24, 2.45) is 23.1 Å². The largest absolute Gasteiger partial charge is 0.322 e. The highest BCUT2D eigenvalue weighted by Gasteiger charge is 2.12. The Balaban J connectivity index is 1.31. The number of benzene rings is 3. The zero-order chi connectivity index (χ0) is 29.2. The fourth-order valence-electron chi connectivity index (χ4n) is 3.77. The van der Waals surface area contributed by atoms with Crippen molar-refractivity contribution in [1.82, 2.24) is 5.43 Å². The summed E-state index contributed by atoms with van der Waals surface area (Å²) < 4.78 is 1.84. The van der Waals surface area contributed by atoms with Crippen molar-refractivity contribution >= 4 is 46.8 Å². The van der Waals surface area contributed by atoms with Crippen LogP contribution < -0.4 is 31.8 Å². The molecule has 0 saturated carbocycles. The van der Waals surface area contributed by atoms with E-state index in [4.69, 9.17) is 5.84 Å². The summed E-state index contributed by atoms with van der Waals surface area (Å²) in [6.07, 6.45) is 4.94. The molecular weight excluding hydrogens is 520 g/mol. The SMILES string of the molecule is CC(=NNC=NN)c1ccc(NC(=O)c2ccc(C(=O)Nc3ccc(C(=O)Nc4ccc[n+](C)c4)cc3)cc2)cc1. The Kier molecular flexibility index (Phi) is 9.13. The van der Waals surface area contributed by atoms with Crippen LogP contribution in [0.1, 0.15) is 43.6 Å². The van der Waals surface area contributed by atoms with Crippen molar-refractivity contribution in [3.8, 4) is 0 Å². The lowest BCUT2D eigenvalue weighted by Gasteiger charge is -2.09. The molecule has 0 aliphatic carbocycles. The lowest BCUT2D eigenvalue weighted by Crippen LogP contribution is -2.27. The van der Waals surface area contributed by atoms with Crippen LogP contribution in [0.4, 0.5) is 17.1 Å². The van der Waals surface area contributed by atoms with Gasteiger partial charge in [-0.1, -0.05) is 12.1 Å². The van der Waals surface area contributed by atoms with Gasteiger partial charge in [0.2, 0.25) is 0 Å². The summed E-state index contributed by atoms with van der Waals surface area (Å²) in [6.45, 7) is 1.82. The van der Waals surface area contributed by atoms with Gasteiger partial charge in [0.25, 0.3) is 17.7 Å². The minimum Gasteiger partial charge on any atom is -0.322 e. The molecule has 6 N–H and O–H groups in total. The van der Waals surface area contributed by atoms with Crippen LogP contribution in [0.2, 0.25) is 0 Å². The maximum Gasteiger partial charge on any atom is 0.255 e. The van der Waals surface area contributed by atoms with Crippen LogP contribution in [0.5, 0.6) is 0 Å². The van der Waals surface area contributed by atoms with E-state index in [9.17, 15) is 14.4 Å². The summed E-state index contributed by atoms with van der Waals surface area (Å²) in [6, 6.07) is 23.7. The van der Waals surface area contributed by atoms with Gasteiger partial charge in [0.15, 0.2) is 12.4 Å². The number of nitrogens with two attached hydrogens (primary N) is 1. The fourth-order valence-corrected chi connectivity index (χ4v) is 3.77. The standard InChI is InChI=1S/C30H28N8O3/c1-20(37-33-19-32-31)21-9-13-25(14-10-21)34-28(39)22-5-7-23(8-6-22)29(40)35-26-15-11-24(12-16-26)30(41)36-27-4-3-17-38(2)18-27/h3-19H,1-2H3,(H5-,31,32,33,34,35,36,37,39,40,41)/p+1. The molecule has 4 rings (SSSR count). The van der Waals surface area contributed by atoms with E-state index < -0.39 is 0 Å². The molecule has 0 radical (unpaired) electrons. The van der Waals surface area contributed by atoms with Gasteiger partial charge in [-0.25, -0.2) is 4.57 Å². The second-order valence-electron chi connectivity index (χ2n) is 8.96. The molecule has 0 bridgehead atoms. The van der Waals surface area contributed by atoms with Crippen molar-refractivity contribution in [2.75, 3.05) is 16.0 Å². The lowest BCUT2D eigenvalue weighted by atomic mass is 10.1. The van der Waals surface area contributed by atoms with Crippen LogP contribution in [0, 0.1) is 0 Å². The van der Waals surface area contributed by atoms with Crippen molar-refractivity contribution in [3.63, 3.8) is 0 Å². The lowest BCUT2D eigenvalue weighted by molar-refractivity contribution is -0.670. The second-order valence-corrected chi connectivity index (χ2v) is 8.96. The molecule has 0 spiro atoms. The maximum atomic E-state index is 12.7. The third-order valence-electron chi connectivity index (χ3n) is 5.94. The third-order valence-corrected chi connectivity index (χ3v) is 5.94. The predicted octanol–water partition coefficient (Wildman–Crippen LogP) is 3.48. The average molecular weight is 550 g/mol. The number of amides is 3. The number of hydrazone groups is 2. The molecule has 0 aliphatic heterocycles. The number of carbonyl (C=O) groups is 3. The van der Waals surface area contributed by atoms with Crippen LogP contribution in [0.3, 0.4) is 0 Å². The van der Waals surface area contributed by atoms with Crippen LogP contribution in [-0.4, -0.2) is 29.8 Å². The highest BCUT2D eigenvalue weighted by Crippen LogP contribution is 2.16. The van der Waals surface area contributed by atoms with Crippen LogP contribution in [0.25, 0.3) is 0 Å².